The molecular formula is C11H19N3OS. The minimum atomic E-state index is 0.518. The van der Waals surface area contributed by atoms with Crippen molar-refractivity contribution in [2.75, 3.05) is 30.8 Å². The Morgan fingerprint density at radius 2 is 1.81 bits per heavy atom. The molecule has 0 bridgehead atoms. The molecule has 0 atom stereocenters. The summed E-state index contributed by atoms with van der Waals surface area (Å²) in [5.74, 6) is 1.27. The van der Waals surface area contributed by atoms with E-state index in [4.69, 9.17) is 10.5 Å². The fourth-order valence-electron chi connectivity index (χ4n) is 2.13. The van der Waals surface area contributed by atoms with Crippen LogP contribution in [0.4, 0.5) is 10.8 Å². The zero-order valence-corrected chi connectivity index (χ0v) is 10.6. The molecule has 1 saturated heterocycles. The van der Waals surface area contributed by atoms with Gasteiger partial charge in [0.05, 0.1) is 7.11 Å². The summed E-state index contributed by atoms with van der Waals surface area (Å²) in [4.78, 5) is 2.37. The number of ether oxygens (including phenoxy) is 1. The van der Waals surface area contributed by atoms with Gasteiger partial charge in [-0.25, -0.2) is 0 Å². The largest absolute Gasteiger partial charge is 0.490 e. The first-order chi connectivity index (χ1) is 7.83. The molecule has 0 saturated carbocycles. The van der Waals surface area contributed by atoms with E-state index in [1.165, 1.54) is 43.6 Å². The Hall–Kier alpha value is -0.970. The minimum Gasteiger partial charge on any atom is -0.490 e. The van der Waals surface area contributed by atoms with Crippen molar-refractivity contribution in [2.24, 2.45) is 0 Å². The quantitative estimate of drug-likeness (QED) is 0.864. The molecule has 4 nitrogen and oxygen atoms in total. The molecule has 1 aromatic rings. The van der Waals surface area contributed by atoms with Crippen LogP contribution in [0.3, 0.4) is 0 Å². The average molecular weight is 241 g/mol. The van der Waals surface area contributed by atoms with E-state index in [9.17, 15) is 0 Å². The summed E-state index contributed by atoms with van der Waals surface area (Å²) in [7, 11) is 1.66. The van der Waals surface area contributed by atoms with Crippen molar-refractivity contribution >= 4 is 22.4 Å². The predicted molar refractivity (Wildman–Crippen MR) is 68.4 cm³/mol. The summed E-state index contributed by atoms with van der Waals surface area (Å²) in [5, 5.41) is 1.10. The summed E-state index contributed by atoms with van der Waals surface area (Å²) in [6.07, 6.45) is 6.53. The Labute approximate surface area is 101 Å². The maximum Gasteiger partial charge on any atom is 0.197 e. The maximum absolute atomic E-state index is 5.78. The molecule has 0 amide bonds. The van der Waals surface area contributed by atoms with E-state index < -0.39 is 0 Å². The summed E-state index contributed by atoms with van der Waals surface area (Å²) < 4.78 is 9.49. The van der Waals surface area contributed by atoms with Crippen molar-refractivity contribution in [3.8, 4) is 5.75 Å². The van der Waals surface area contributed by atoms with E-state index in [-0.39, 0.29) is 0 Å². The van der Waals surface area contributed by atoms with Crippen molar-refractivity contribution < 1.29 is 4.74 Å². The Balaban J connectivity index is 2.13. The van der Waals surface area contributed by atoms with Crippen molar-refractivity contribution in [3.05, 3.63) is 0 Å². The third kappa shape index (κ3) is 2.40. The lowest BCUT2D eigenvalue weighted by atomic mass is 10.1. The Kier molecular flexibility index (Phi) is 3.88. The van der Waals surface area contributed by atoms with Gasteiger partial charge < -0.3 is 15.4 Å². The number of rotatable bonds is 2. The van der Waals surface area contributed by atoms with Gasteiger partial charge in [-0.1, -0.05) is 19.3 Å². The predicted octanol–water partition coefficient (Wildman–Crippen LogP) is 2.50. The van der Waals surface area contributed by atoms with Crippen molar-refractivity contribution in [2.45, 2.75) is 32.1 Å². The molecule has 2 N–H and O–H groups in total. The standard InChI is InChI=1S/C11H19N3OS/c1-15-9-10(12)13-16-11(9)14-7-5-3-2-4-6-8-14/h2-8H2,1H3,(H2,12,13). The lowest BCUT2D eigenvalue weighted by Crippen LogP contribution is -2.26. The highest BCUT2D eigenvalue weighted by Gasteiger charge is 2.18. The topological polar surface area (TPSA) is 51.4 Å². The fraction of sp³-hybridized carbons (Fsp3) is 0.727. The monoisotopic (exact) mass is 241 g/mol. The first kappa shape index (κ1) is 11.5. The SMILES string of the molecule is COc1c(N)nsc1N1CCCCCCC1. The molecular weight excluding hydrogens is 222 g/mol. The number of anilines is 2. The second-order valence-corrected chi connectivity index (χ2v) is 4.91. The normalized spacial score (nSPS) is 17.9. The van der Waals surface area contributed by atoms with Crippen LogP contribution in [0.2, 0.25) is 0 Å². The van der Waals surface area contributed by atoms with Crippen LogP contribution in [0.15, 0.2) is 0 Å². The number of aromatic nitrogens is 1. The van der Waals surface area contributed by atoms with Crippen LogP contribution in [-0.4, -0.2) is 24.6 Å². The van der Waals surface area contributed by atoms with Gasteiger partial charge in [0.2, 0.25) is 0 Å². The number of nitrogen functional groups attached to an aromatic ring is 1. The Morgan fingerprint density at radius 3 is 2.44 bits per heavy atom. The van der Waals surface area contributed by atoms with Crippen LogP contribution >= 0.6 is 11.5 Å². The van der Waals surface area contributed by atoms with Gasteiger partial charge in [-0.2, -0.15) is 4.37 Å². The molecule has 2 heterocycles. The highest BCUT2D eigenvalue weighted by Crippen LogP contribution is 2.38. The molecule has 0 radical (unpaired) electrons. The van der Waals surface area contributed by atoms with Gasteiger partial charge in [-0.15, -0.1) is 0 Å². The van der Waals surface area contributed by atoms with Crippen LogP contribution in [0.5, 0.6) is 5.75 Å². The molecule has 16 heavy (non-hydrogen) atoms. The van der Waals surface area contributed by atoms with Gasteiger partial charge >= 0.3 is 0 Å². The lowest BCUT2D eigenvalue weighted by Gasteiger charge is -2.25. The molecule has 2 rings (SSSR count). The van der Waals surface area contributed by atoms with Gasteiger partial charge in [-0.3, -0.25) is 0 Å². The highest BCUT2D eigenvalue weighted by molar-refractivity contribution is 7.11. The zero-order chi connectivity index (χ0) is 11.4. The zero-order valence-electron chi connectivity index (χ0n) is 9.74. The Morgan fingerprint density at radius 1 is 1.19 bits per heavy atom. The second-order valence-electron chi connectivity index (χ2n) is 4.16. The van der Waals surface area contributed by atoms with Gasteiger partial charge in [0, 0.05) is 13.1 Å². The third-order valence-corrected chi connectivity index (χ3v) is 3.91. The summed E-state index contributed by atoms with van der Waals surface area (Å²) in [6, 6.07) is 0. The number of hydrogen-bond donors (Lipinski definition) is 1. The van der Waals surface area contributed by atoms with Crippen molar-refractivity contribution in [3.63, 3.8) is 0 Å². The summed E-state index contributed by atoms with van der Waals surface area (Å²) >= 11 is 1.45. The molecule has 90 valence electrons. The highest BCUT2D eigenvalue weighted by atomic mass is 32.1. The van der Waals surface area contributed by atoms with Crippen molar-refractivity contribution in [1.29, 1.82) is 0 Å². The molecule has 0 aromatic carbocycles. The maximum atomic E-state index is 5.78. The lowest BCUT2D eigenvalue weighted by molar-refractivity contribution is 0.416. The number of methoxy groups -OCH3 is 1. The van der Waals surface area contributed by atoms with Crippen LogP contribution in [0.25, 0.3) is 0 Å². The summed E-state index contributed by atoms with van der Waals surface area (Å²) in [6.45, 7) is 2.19. The van der Waals surface area contributed by atoms with E-state index in [1.54, 1.807) is 7.11 Å². The molecule has 0 aliphatic carbocycles. The van der Waals surface area contributed by atoms with E-state index >= 15 is 0 Å². The fourth-order valence-corrected chi connectivity index (χ4v) is 2.97. The second kappa shape index (κ2) is 5.39. The first-order valence-electron chi connectivity index (χ1n) is 5.87. The summed E-state index contributed by atoms with van der Waals surface area (Å²) in [5.41, 5.74) is 5.78. The van der Waals surface area contributed by atoms with Gasteiger partial charge in [-0.05, 0) is 24.4 Å². The number of hydrogen-bond acceptors (Lipinski definition) is 5. The van der Waals surface area contributed by atoms with Gasteiger partial charge in [0.25, 0.3) is 0 Å². The molecule has 0 spiro atoms. The molecule has 5 heteroatoms. The molecule has 0 unspecified atom stereocenters. The van der Waals surface area contributed by atoms with Crippen LogP contribution < -0.4 is 15.4 Å². The molecule has 1 fully saturated rings. The number of nitrogens with two attached hydrogens (primary N) is 1. The first-order valence-corrected chi connectivity index (χ1v) is 6.64. The van der Waals surface area contributed by atoms with E-state index in [2.05, 4.69) is 9.27 Å². The van der Waals surface area contributed by atoms with Gasteiger partial charge in [0.1, 0.15) is 0 Å². The molecule has 1 aliphatic heterocycles. The van der Waals surface area contributed by atoms with Gasteiger partial charge in [0.15, 0.2) is 16.6 Å². The molecule has 1 aliphatic rings. The van der Waals surface area contributed by atoms with Crippen molar-refractivity contribution in [1.82, 2.24) is 4.37 Å². The minimum absolute atomic E-state index is 0.518. The smallest absolute Gasteiger partial charge is 0.197 e. The van der Waals surface area contributed by atoms with E-state index in [0.29, 0.717) is 5.82 Å². The van der Waals surface area contributed by atoms with Crippen LogP contribution in [0, 0.1) is 0 Å². The Bertz CT molecular complexity index is 332. The van der Waals surface area contributed by atoms with Crippen LogP contribution in [-0.2, 0) is 0 Å². The van der Waals surface area contributed by atoms with E-state index in [0.717, 1.165) is 23.8 Å². The van der Waals surface area contributed by atoms with E-state index in [1.807, 2.05) is 0 Å². The van der Waals surface area contributed by atoms with Crippen LogP contribution in [0.1, 0.15) is 32.1 Å². The third-order valence-electron chi connectivity index (χ3n) is 3.00. The molecule has 1 aromatic heterocycles. The number of nitrogens with zero attached hydrogens (tertiary/aromatic N) is 2. The average Bonchev–Trinajstić information content (AvgIpc) is 2.59.